The molecule has 1 N–H and O–H groups in total. The van der Waals surface area contributed by atoms with Crippen LogP contribution in [0.15, 0.2) is 65.1 Å². The van der Waals surface area contributed by atoms with Crippen LogP contribution in [0.1, 0.15) is 15.9 Å². The molecule has 0 aliphatic rings. The molecule has 0 aliphatic heterocycles. The van der Waals surface area contributed by atoms with E-state index in [2.05, 4.69) is 21.2 Å². The highest BCUT2D eigenvalue weighted by Gasteiger charge is 2.11. The van der Waals surface area contributed by atoms with E-state index in [9.17, 15) is 14.4 Å². The largest absolute Gasteiger partial charge is 0.452 e. The van der Waals surface area contributed by atoms with Gasteiger partial charge in [0.2, 0.25) is 0 Å². The Balaban J connectivity index is 1.78. The summed E-state index contributed by atoms with van der Waals surface area (Å²) in [6, 6.07) is 15.6. The molecule has 0 unspecified atom stereocenters. The van der Waals surface area contributed by atoms with Crippen LogP contribution in [-0.2, 0) is 14.3 Å². The van der Waals surface area contributed by atoms with Crippen molar-refractivity contribution in [3.8, 4) is 0 Å². The van der Waals surface area contributed by atoms with E-state index in [0.29, 0.717) is 5.56 Å². The molecule has 122 valence electrons. The van der Waals surface area contributed by atoms with Crippen molar-refractivity contribution in [2.75, 3.05) is 6.61 Å². The molecule has 0 fully saturated rings. The van der Waals surface area contributed by atoms with Crippen molar-refractivity contribution in [3.63, 3.8) is 0 Å². The summed E-state index contributed by atoms with van der Waals surface area (Å²) in [6.07, 6.45) is 2.79. The SMILES string of the molecule is O=C(COC(=O)/C=C/c1ccc(Br)cc1)NC(=O)c1ccccc1. The first-order valence-electron chi connectivity index (χ1n) is 7.04. The van der Waals surface area contributed by atoms with Gasteiger partial charge in [-0.2, -0.15) is 0 Å². The zero-order valence-corrected chi connectivity index (χ0v) is 14.2. The number of esters is 1. The quantitative estimate of drug-likeness (QED) is 0.632. The molecule has 0 atom stereocenters. The first-order valence-corrected chi connectivity index (χ1v) is 7.83. The summed E-state index contributed by atoms with van der Waals surface area (Å²) in [5.41, 5.74) is 1.17. The third kappa shape index (κ3) is 5.81. The normalized spacial score (nSPS) is 10.4. The molecule has 0 saturated carbocycles. The molecule has 2 rings (SSSR count). The van der Waals surface area contributed by atoms with Crippen molar-refractivity contribution in [2.45, 2.75) is 0 Å². The van der Waals surface area contributed by atoms with Crippen LogP contribution in [0.4, 0.5) is 0 Å². The molecular weight excluding hydrogens is 374 g/mol. The molecule has 0 saturated heterocycles. The van der Waals surface area contributed by atoms with Crippen LogP contribution < -0.4 is 5.32 Å². The lowest BCUT2D eigenvalue weighted by Gasteiger charge is -2.04. The summed E-state index contributed by atoms with van der Waals surface area (Å²) in [4.78, 5) is 34.9. The van der Waals surface area contributed by atoms with Gasteiger partial charge in [-0.25, -0.2) is 4.79 Å². The van der Waals surface area contributed by atoms with E-state index in [4.69, 9.17) is 4.74 Å². The Kier molecular flexibility index (Phi) is 6.45. The topological polar surface area (TPSA) is 72.5 Å². The maximum Gasteiger partial charge on any atom is 0.331 e. The number of benzene rings is 2. The standard InChI is InChI=1S/C18H14BrNO4/c19-15-9-6-13(7-10-15)8-11-17(22)24-12-16(21)20-18(23)14-4-2-1-3-5-14/h1-11H,12H2,(H,20,21,23)/b11-8+. The lowest BCUT2D eigenvalue weighted by Crippen LogP contribution is -2.33. The van der Waals surface area contributed by atoms with Gasteiger partial charge in [-0.1, -0.05) is 46.3 Å². The Labute approximate surface area is 147 Å². The minimum atomic E-state index is -0.686. The summed E-state index contributed by atoms with van der Waals surface area (Å²) in [6.45, 7) is -0.526. The Morgan fingerprint density at radius 2 is 1.67 bits per heavy atom. The van der Waals surface area contributed by atoms with E-state index in [1.165, 1.54) is 6.08 Å². The van der Waals surface area contributed by atoms with Gasteiger partial charge in [0, 0.05) is 16.1 Å². The maximum absolute atomic E-state index is 11.7. The molecule has 0 radical (unpaired) electrons. The molecular formula is C18H14BrNO4. The summed E-state index contributed by atoms with van der Waals surface area (Å²) in [7, 11) is 0. The van der Waals surface area contributed by atoms with Gasteiger partial charge in [-0.15, -0.1) is 0 Å². The first-order chi connectivity index (χ1) is 11.5. The number of hydrogen-bond acceptors (Lipinski definition) is 4. The average Bonchev–Trinajstić information content (AvgIpc) is 2.60. The molecule has 0 bridgehead atoms. The van der Waals surface area contributed by atoms with Crippen molar-refractivity contribution in [1.29, 1.82) is 0 Å². The molecule has 2 aromatic carbocycles. The Morgan fingerprint density at radius 1 is 1.00 bits per heavy atom. The summed E-state index contributed by atoms with van der Waals surface area (Å²) < 4.78 is 5.72. The molecule has 0 spiro atoms. The average molecular weight is 388 g/mol. The highest BCUT2D eigenvalue weighted by molar-refractivity contribution is 9.10. The second-order valence-electron chi connectivity index (χ2n) is 4.74. The predicted molar refractivity (Wildman–Crippen MR) is 93.1 cm³/mol. The molecule has 0 aromatic heterocycles. The monoisotopic (exact) mass is 387 g/mol. The van der Waals surface area contributed by atoms with E-state index < -0.39 is 24.4 Å². The van der Waals surface area contributed by atoms with Gasteiger partial charge in [0.1, 0.15) is 0 Å². The highest BCUT2D eigenvalue weighted by atomic mass is 79.9. The maximum atomic E-state index is 11.7. The van der Waals surface area contributed by atoms with Crippen LogP contribution >= 0.6 is 15.9 Å². The molecule has 2 amide bonds. The van der Waals surface area contributed by atoms with Crippen LogP contribution in [-0.4, -0.2) is 24.4 Å². The van der Waals surface area contributed by atoms with E-state index >= 15 is 0 Å². The van der Waals surface area contributed by atoms with Crippen molar-refractivity contribution in [2.24, 2.45) is 0 Å². The third-order valence-corrected chi connectivity index (χ3v) is 3.44. The van der Waals surface area contributed by atoms with Crippen molar-refractivity contribution in [1.82, 2.24) is 5.32 Å². The summed E-state index contributed by atoms with van der Waals surface area (Å²) in [5, 5.41) is 2.15. The number of carbonyl (C=O) groups excluding carboxylic acids is 3. The first kappa shape index (κ1) is 17.6. The smallest absolute Gasteiger partial charge is 0.331 e. The fourth-order valence-electron chi connectivity index (χ4n) is 1.75. The minimum Gasteiger partial charge on any atom is -0.452 e. The number of hydrogen-bond donors (Lipinski definition) is 1. The fraction of sp³-hybridized carbons (Fsp3) is 0.0556. The molecule has 6 heteroatoms. The van der Waals surface area contributed by atoms with Gasteiger partial charge < -0.3 is 4.74 Å². The lowest BCUT2D eigenvalue weighted by molar-refractivity contribution is -0.143. The lowest BCUT2D eigenvalue weighted by atomic mass is 10.2. The van der Waals surface area contributed by atoms with Gasteiger partial charge in [0.05, 0.1) is 0 Å². The van der Waals surface area contributed by atoms with E-state index in [-0.39, 0.29) is 0 Å². The Morgan fingerprint density at radius 3 is 2.33 bits per heavy atom. The Bertz CT molecular complexity index is 754. The van der Waals surface area contributed by atoms with Crippen LogP contribution in [0.2, 0.25) is 0 Å². The Hall–Kier alpha value is -2.73. The second-order valence-corrected chi connectivity index (χ2v) is 5.65. The molecule has 5 nitrogen and oxygen atoms in total. The predicted octanol–water partition coefficient (Wildman–Crippen LogP) is 2.96. The minimum absolute atomic E-state index is 0.354. The number of imide groups is 1. The van der Waals surface area contributed by atoms with Crippen LogP contribution in [0.25, 0.3) is 6.08 Å². The summed E-state index contributed by atoms with van der Waals surface area (Å²) in [5.74, 6) is -1.89. The third-order valence-electron chi connectivity index (χ3n) is 2.92. The highest BCUT2D eigenvalue weighted by Crippen LogP contribution is 2.11. The van der Waals surface area contributed by atoms with Crippen LogP contribution in [0.3, 0.4) is 0 Å². The number of nitrogens with one attached hydrogen (secondary N) is 1. The number of halogens is 1. The van der Waals surface area contributed by atoms with E-state index in [0.717, 1.165) is 10.0 Å². The van der Waals surface area contributed by atoms with Crippen LogP contribution in [0, 0.1) is 0 Å². The van der Waals surface area contributed by atoms with Gasteiger partial charge in [0.25, 0.3) is 11.8 Å². The number of carbonyl (C=O) groups is 3. The number of ether oxygens (including phenoxy) is 1. The van der Waals surface area contributed by atoms with Gasteiger partial charge >= 0.3 is 5.97 Å². The van der Waals surface area contributed by atoms with Crippen molar-refractivity contribution < 1.29 is 19.1 Å². The van der Waals surface area contributed by atoms with Gasteiger partial charge in [-0.05, 0) is 35.9 Å². The van der Waals surface area contributed by atoms with E-state index in [1.807, 2.05) is 24.3 Å². The second kappa shape index (κ2) is 8.79. The molecule has 24 heavy (non-hydrogen) atoms. The fourth-order valence-corrected chi connectivity index (χ4v) is 2.01. The van der Waals surface area contributed by atoms with Gasteiger partial charge in [-0.3, -0.25) is 14.9 Å². The zero-order chi connectivity index (χ0) is 17.4. The number of rotatable bonds is 5. The van der Waals surface area contributed by atoms with Crippen molar-refractivity contribution in [3.05, 3.63) is 76.3 Å². The van der Waals surface area contributed by atoms with E-state index in [1.54, 1.807) is 36.4 Å². The molecule has 2 aromatic rings. The van der Waals surface area contributed by atoms with Crippen LogP contribution in [0.5, 0.6) is 0 Å². The molecule has 0 heterocycles. The number of amides is 2. The van der Waals surface area contributed by atoms with Crippen molar-refractivity contribution >= 4 is 39.8 Å². The summed E-state index contributed by atoms with van der Waals surface area (Å²) >= 11 is 3.31. The van der Waals surface area contributed by atoms with Gasteiger partial charge in [0.15, 0.2) is 6.61 Å². The zero-order valence-electron chi connectivity index (χ0n) is 12.6. The molecule has 0 aliphatic carbocycles.